The summed E-state index contributed by atoms with van der Waals surface area (Å²) in [6.45, 7) is 0. The molecule has 0 saturated heterocycles. The second-order valence-electron chi connectivity index (χ2n) is 3.49. The van der Waals surface area contributed by atoms with Gasteiger partial charge < -0.3 is 0 Å². The maximum atomic E-state index is 12.4. The molecule has 18 heavy (non-hydrogen) atoms. The van der Waals surface area contributed by atoms with Gasteiger partial charge in [-0.3, -0.25) is 9.78 Å². The van der Waals surface area contributed by atoms with Gasteiger partial charge in [0.1, 0.15) is 11.4 Å². The van der Waals surface area contributed by atoms with Crippen molar-refractivity contribution < 1.29 is 18.0 Å². The van der Waals surface area contributed by atoms with Gasteiger partial charge in [-0.2, -0.15) is 13.2 Å². The molecule has 2 rings (SSSR count). The Morgan fingerprint density at radius 2 is 1.94 bits per heavy atom. The predicted molar refractivity (Wildman–Crippen MR) is 57.9 cm³/mol. The zero-order valence-corrected chi connectivity index (χ0v) is 8.98. The smallest absolute Gasteiger partial charge is 0.296 e. The van der Waals surface area contributed by atoms with E-state index in [0.717, 1.165) is 6.07 Å². The van der Waals surface area contributed by atoms with E-state index in [9.17, 15) is 18.0 Å². The lowest BCUT2D eigenvalue weighted by molar-refractivity contribution is -0.141. The molecule has 3 nitrogen and oxygen atoms in total. The summed E-state index contributed by atoms with van der Waals surface area (Å²) in [6, 6.07) is 5.33. The molecule has 0 spiro atoms. The number of aldehydes is 1. The Morgan fingerprint density at radius 3 is 2.50 bits per heavy atom. The second kappa shape index (κ2) is 4.56. The number of hydrogen-bond donors (Lipinski definition) is 0. The van der Waals surface area contributed by atoms with Crippen LogP contribution in [0.5, 0.6) is 0 Å². The van der Waals surface area contributed by atoms with Crippen LogP contribution in [-0.2, 0) is 6.18 Å². The maximum Gasteiger partial charge on any atom is 0.433 e. The van der Waals surface area contributed by atoms with E-state index in [4.69, 9.17) is 0 Å². The van der Waals surface area contributed by atoms with E-state index in [-0.39, 0.29) is 5.69 Å². The molecule has 0 bridgehead atoms. The van der Waals surface area contributed by atoms with Crippen LogP contribution in [0.4, 0.5) is 13.2 Å². The van der Waals surface area contributed by atoms with Crippen LogP contribution in [0, 0.1) is 0 Å². The zero-order valence-electron chi connectivity index (χ0n) is 8.98. The number of aromatic nitrogens is 2. The highest BCUT2D eigenvalue weighted by Gasteiger charge is 2.33. The van der Waals surface area contributed by atoms with E-state index in [0.29, 0.717) is 17.4 Å². The van der Waals surface area contributed by atoms with E-state index < -0.39 is 11.9 Å². The molecule has 2 aromatic heterocycles. The molecule has 0 fully saturated rings. The third-order valence-electron chi connectivity index (χ3n) is 2.30. The van der Waals surface area contributed by atoms with Crippen molar-refractivity contribution in [1.82, 2.24) is 9.97 Å². The fraction of sp³-hybridized carbons (Fsp3) is 0.0833. The third-order valence-corrected chi connectivity index (χ3v) is 2.30. The summed E-state index contributed by atoms with van der Waals surface area (Å²) in [6.07, 6.45) is -1.28. The molecule has 2 heterocycles. The number of carbonyl (C=O) groups is 1. The Bertz CT molecular complexity index is 567. The summed E-state index contributed by atoms with van der Waals surface area (Å²) >= 11 is 0. The van der Waals surface area contributed by atoms with Crippen molar-refractivity contribution in [3.8, 4) is 11.1 Å². The monoisotopic (exact) mass is 252 g/mol. The Labute approximate surface area is 100 Å². The number of carbonyl (C=O) groups excluding carboxylic acids is 1. The van der Waals surface area contributed by atoms with Crippen molar-refractivity contribution in [2.45, 2.75) is 6.18 Å². The average molecular weight is 252 g/mol. The number of hydrogen-bond acceptors (Lipinski definition) is 3. The van der Waals surface area contributed by atoms with Gasteiger partial charge in [0.15, 0.2) is 6.29 Å². The van der Waals surface area contributed by atoms with Gasteiger partial charge in [-0.15, -0.1) is 0 Å². The molecule has 0 radical (unpaired) electrons. The summed E-state index contributed by atoms with van der Waals surface area (Å²) in [4.78, 5) is 18.0. The summed E-state index contributed by atoms with van der Waals surface area (Å²) in [5.41, 5.74) is -0.470. The van der Waals surface area contributed by atoms with Crippen LogP contribution in [0.15, 0.2) is 36.7 Å². The highest BCUT2D eigenvalue weighted by Crippen LogP contribution is 2.30. The normalized spacial score (nSPS) is 11.3. The summed E-state index contributed by atoms with van der Waals surface area (Å²) in [7, 11) is 0. The molecular weight excluding hydrogens is 245 g/mol. The van der Waals surface area contributed by atoms with Crippen LogP contribution in [0.1, 0.15) is 16.2 Å². The summed E-state index contributed by atoms with van der Waals surface area (Å²) < 4.78 is 37.3. The van der Waals surface area contributed by atoms with Gasteiger partial charge in [-0.05, 0) is 18.2 Å². The van der Waals surface area contributed by atoms with Crippen molar-refractivity contribution in [3.63, 3.8) is 0 Å². The molecular formula is C12H7F3N2O. The molecule has 0 aromatic carbocycles. The molecule has 0 aliphatic heterocycles. The van der Waals surface area contributed by atoms with Gasteiger partial charge in [0.25, 0.3) is 0 Å². The highest BCUT2D eigenvalue weighted by molar-refractivity contribution is 5.85. The first-order valence-corrected chi connectivity index (χ1v) is 4.96. The summed E-state index contributed by atoms with van der Waals surface area (Å²) in [5.74, 6) is 0. The lowest BCUT2D eigenvalue weighted by atomic mass is 10.1. The number of pyridine rings is 2. The Morgan fingerprint density at radius 1 is 1.17 bits per heavy atom. The topological polar surface area (TPSA) is 42.9 Å². The van der Waals surface area contributed by atoms with Gasteiger partial charge in [-0.1, -0.05) is 6.07 Å². The van der Waals surface area contributed by atoms with Gasteiger partial charge in [0.05, 0.1) is 0 Å². The van der Waals surface area contributed by atoms with Crippen molar-refractivity contribution in [3.05, 3.63) is 48.0 Å². The Kier molecular flexibility index (Phi) is 3.10. The van der Waals surface area contributed by atoms with E-state index in [1.54, 1.807) is 12.1 Å². The fourth-order valence-corrected chi connectivity index (χ4v) is 1.49. The lowest BCUT2D eigenvalue weighted by Gasteiger charge is -2.09. The zero-order chi connectivity index (χ0) is 13.2. The van der Waals surface area contributed by atoms with Crippen LogP contribution < -0.4 is 0 Å². The molecule has 6 heteroatoms. The van der Waals surface area contributed by atoms with E-state index in [1.807, 2.05) is 0 Å². The Balaban J connectivity index is 2.54. The fourth-order valence-electron chi connectivity index (χ4n) is 1.49. The van der Waals surface area contributed by atoms with Crippen LogP contribution in [0.2, 0.25) is 0 Å². The molecule has 0 aliphatic rings. The average Bonchev–Trinajstić information content (AvgIpc) is 2.38. The van der Waals surface area contributed by atoms with Crippen LogP contribution >= 0.6 is 0 Å². The van der Waals surface area contributed by atoms with Crippen molar-refractivity contribution in [2.75, 3.05) is 0 Å². The Hall–Kier alpha value is -2.24. The molecule has 0 unspecified atom stereocenters. The number of alkyl halides is 3. The first kappa shape index (κ1) is 12.2. The second-order valence-corrected chi connectivity index (χ2v) is 3.49. The number of halogens is 3. The van der Waals surface area contributed by atoms with E-state index in [2.05, 4.69) is 9.97 Å². The molecule has 0 amide bonds. The molecule has 92 valence electrons. The van der Waals surface area contributed by atoms with Gasteiger partial charge >= 0.3 is 6.18 Å². The van der Waals surface area contributed by atoms with Crippen molar-refractivity contribution in [1.29, 1.82) is 0 Å². The van der Waals surface area contributed by atoms with Gasteiger partial charge in [-0.25, -0.2) is 4.98 Å². The SMILES string of the molecule is O=Cc1nc(C(F)(F)F)ccc1-c1cccnc1. The number of nitrogens with zero attached hydrogens (tertiary/aromatic N) is 2. The predicted octanol–water partition coefficient (Wildman–Crippen LogP) is 2.97. The quantitative estimate of drug-likeness (QED) is 0.771. The highest BCUT2D eigenvalue weighted by atomic mass is 19.4. The molecule has 0 atom stereocenters. The van der Waals surface area contributed by atoms with Gasteiger partial charge in [0.2, 0.25) is 0 Å². The molecule has 0 saturated carbocycles. The minimum atomic E-state index is -4.56. The first-order valence-electron chi connectivity index (χ1n) is 4.96. The summed E-state index contributed by atoms with van der Waals surface area (Å²) in [5, 5.41) is 0. The first-order chi connectivity index (χ1) is 8.52. The molecule has 0 aliphatic carbocycles. The third kappa shape index (κ3) is 2.37. The number of rotatable bonds is 2. The van der Waals surface area contributed by atoms with Crippen molar-refractivity contribution >= 4 is 6.29 Å². The van der Waals surface area contributed by atoms with Crippen LogP contribution in [-0.4, -0.2) is 16.3 Å². The standard InChI is InChI=1S/C12H7F3N2O/c13-12(14,15)11-4-3-9(10(7-18)17-11)8-2-1-5-16-6-8/h1-7H. The molecule has 0 N–H and O–H groups in total. The maximum absolute atomic E-state index is 12.4. The lowest BCUT2D eigenvalue weighted by Crippen LogP contribution is -2.09. The van der Waals surface area contributed by atoms with Crippen LogP contribution in [0.25, 0.3) is 11.1 Å². The van der Waals surface area contributed by atoms with E-state index >= 15 is 0 Å². The molecule has 2 aromatic rings. The van der Waals surface area contributed by atoms with Crippen LogP contribution in [0.3, 0.4) is 0 Å². The van der Waals surface area contributed by atoms with Gasteiger partial charge in [0, 0.05) is 23.5 Å². The largest absolute Gasteiger partial charge is 0.433 e. The minimum absolute atomic E-state index is 0.252. The van der Waals surface area contributed by atoms with Crippen molar-refractivity contribution in [2.24, 2.45) is 0 Å². The minimum Gasteiger partial charge on any atom is -0.296 e. The van der Waals surface area contributed by atoms with E-state index in [1.165, 1.54) is 18.5 Å².